The average molecular weight is 250 g/mol. The first-order valence-electron chi connectivity index (χ1n) is 5.04. The predicted octanol–water partition coefficient (Wildman–Crippen LogP) is 2.02. The molecule has 0 fully saturated rings. The Labute approximate surface area is 106 Å². The zero-order chi connectivity index (χ0) is 10.8. The molecule has 0 aromatic heterocycles. The van der Waals surface area contributed by atoms with Crippen LogP contribution in [0, 0.1) is 0 Å². The van der Waals surface area contributed by atoms with Gasteiger partial charge in [0.05, 0.1) is 6.61 Å². The molecule has 0 N–H and O–H groups in total. The van der Waals surface area contributed by atoms with E-state index in [4.69, 9.17) is 0 Å². The van der Waals surface area contributed by atoms with Crippen LogP contribution in [0.2, 0.25) is 0 Å². The fourth-order valence-electron chi connectivity index (χ4n) is 0.868. The average Bonchev–Trinajstić information content (AvgIpc) is 2.13. The van der Waals surface area contributed by atoms with Crippen molar-refractivity contribution in [1.82, 2.24) is 0 Å². The summed E-state index contributed by atoms with van der Waals surface area (Å²) in [5, 5.41) is 0. The number of unbranched alkanes of at least 4 members (excludes halogenated alkanes) is 1. The van der Waals surface area contributed by atoms with Gasteiger partial charge in [-0.1, -0.05) is 20.3 Å². The van der Waals surface area contributed by atoms with Crippen molar-refractivity contribution in [2.24, 2.45) is 0 Å². The van der Waals surface area contributed by atoms with Crippen LogP contribution in [-0.2, 0) is 41.1 Å². The first-order valence-corrected chi connectivity index (χ1v) is 5.04. The van der Waals surface area contributed by atoms with Crippen LogP contribution in [0.5, 0.6) is 0 Å². The molecule has 0 spiro atoms. The maximum Gasteiger partial charge on any atom is 0.349 e. The monoisotopic (exact) mass is 250 g/mol. The molecule has 0 unspecified atom stereocenters. The van der Waals surface area contributed by atoms with Crippen molar-refractivity contribution >= 4 is 11.8 Å². The van der Waals surface area contributed by atoms with E-state index in [1.807, 2.05) is 13.8 Å². The Morgan fingerprint density at radius 2 is 1.80 bits per heavy atom. The molecule has 0 aliphatic rings. The van der Waals surface area contributed by atoms with E-state index in [9.17, 15) is 9.59 Å². The van der Waals surface area contributed by atoms with Gasteiger partial charge >= 0.3 is 5.97 Å². The molecular weight excluding hydrogens is 232 g/mol. The third kappa shape index (κ3) is 11.7. The molecule has 4 nitrogen and oxygen atoms in total. The summed E-state index contributed by atoms with van der Waals surface area (Å²) >= 11 is 0. The number of carbonyl (C=O) groups excluding carboxylic acids is 2. The molecular formula is C10H18O4Ti. The summed E-state index contributed by atoms with van der Waals surface area (Å²) in [5.74, 6) is -0.698. The van der Waals surface area contributed by atoms with E-state index in [-0.39, 0.29) is 33.9 Å². The summed E-state index contributed by atoms with van der Waals surface area (Å²) in [6.45, 7) is 4.29. The van der Waals surface area contributed by atoms with Crippen LogP contribution in [0.3, 0.4) is 0 Å². The summed E-state index contributed by atoms with van der Waals surface area (Å²) in [6.07, 6.45) is 2.81. The van der Waals surface area contributed by atoms with E-state index in [0.717, 1.165) is 19.3 Å². The minimum atomic E-state index is -0.598. The van der Waals surface area contributed by atoms with Crippen molar-refractivity contribution in [2.45, 2.75) is 46.0 Å². The summed E-state index contributed by atoms with van der Waals surface area (Å²) in [5.41, 5.74) is 0. The Bertz CT molecular complexity index is 182. The number of rotatable bonds is 8. The van der Waals surface area contributed by atoms with Crippen LogP contribution in [-0.4, -0.2) is 18.4 Å². The zero-order valence-corrected chi connectivity index (χ0v) is 10.9. The van der Waals surface area contributed by atoms with Crippen LogP contribution >= 0.6 is 0 Å². The Kier molecular flexibility index (Phi) is 13.6. The SMILES string of the molecule is CCCCOOC(=O)CC(=O)CCC.[Ti]. The van der Waals surface area contributed by atoms with Gasteiger partial charge < -0.3 is 0 Å². The van der Waals surface area contributed by atoms with Crippen molar-refractivity contribution in [3.63, 3.8) is 0 Å². The topological polar surface area (TPSA) is 52.6 Å². The predicted molar refractivity (Wildman–Crippen MR) is 51.5 cm³/mol. The molecule has 0 aromatic carbocycles. The maximum absolute atomic E-state index is 11.0. The minimum absolute atomic E-state index is 0. The standard InChI is InChI=1S/C10H18O4.Ti/c1-3-5-7-13-14-10(12)8-9(11)6-4-2;/h3-8H2,1-2H3;. The van der Waals surface area contributed by atoms with Crippen LogP contribution in [0.4, 0.5) is 0 Å². The van der Waals surface area contributed by atoms with E-state index in [1.54, 1.807) is 0 Å². The minimum Gasteiger partial charge on any atom is -0.299 e. The molecule has 0 heterocycles. The van der Waals surface area contributed by atoms with Crippen molar-refractivity contribution in [3.05, 3.63) is 0 Å². The van der Waals surface area contributed by atoms with Gasteiger partial charge in [-0.05, 0) is 12.8 Å². The molecule has 0 aromatic rings. The van der Waals surface area contributed by atoms with Gasteiger partial charge in [-0.2, -0.15) is 4.89 Å². The van der Waals surface area contributed by atoms with E-state index in [2.05, 4.69) is 9.78 Å². The molecule has 0 aliphatic carbocycles. The quantitative estimate of drug-likeness (QED) is 0.217. The van der Waals surface area contributed by atoms with E-state index in [0.29, 0.717) is 13.0 Å². The van der Waals surface area contributed by atoms with Gasteiger partial charge in [0.25, 0.3) is 0 Å². The van der Waals surface area contributed by atoms with Gasteiger partial charge in [0.15, 0.2) is 0 Å². The molecule has 15 heavy (non-hydrogen) atoms. The third-order valence-electron chi connectivity index (χ3n) is 1.60. The molecule has 0 saturated carbocycles. The van der Waals surface area contributed by atoms with Gasteiger partial charge in [0.1, 0.15) is 12.2 Å². The van der Waals surface area contributed by atoms with Crippen LogP contribution in [0.25, 0.3) is 0 Å². The Hall–Kier alpha value is -0.186. The Balaban J connectivity index is 0. The summed E-state index contributed by atoms with van der Waals surface area (Å²) < 4.78 is 0. The Morgan fingerprint density at radius 3 is 2.33 bits per heavy atom. The second kappa shape index (κ2) is 11.9. The van der Waals surface area contributed by atoms with E-state index < -0.39 is 5.97 Å². The normalized spacial score (nSPS) is 9.20. The molecule has 0 bridgehead atoms. The van der Waals surface area contributed by atoms with Gasteiger partial charge in [0.2, 0.25) is 0 Å². The third-order valence-corrected chi connectivity index (χ3v) is 1.60. The van der Waals surface area contributed by atoms with Crippen molar-refractivity contribution < 1.29 is 41.1 Å². The van der Waals surface area contributed by atoms with Gasteiger partial charge in [-0.25, -0.2) is 4.79 Å². The fourth-order valence-corrected chi connectivity index (χ4v) is 0.868. The molecule has 0 rings (SSSR count). The van der Waals surface area contributed by atoms with Crippen molar-refractivity contribution in [2.75, 3.05) is 6.61 Å². The number of carbonyl (C=O) groups is 2. The second-order valence-corrected chi connectivity index (χ2v) is 3.10. The summed E-state index contributed by atoms with van der Waals surface area (Å²) in [4.78, 5) is 30.9. The van der Waals surface area contributed by atoms with Crippen molar-refractivity contribution in [3.8, 4) is 0 Å². The number of hydrogen-bond acceptors (Lipinski definition) is 4. The van der Waals surface area contributed by atoms with Gasteiger partial charge in [-0.3, -0.25) is 9.68 Å². The largest absolute Gasteiger partial charge is 0.349 e. The summed E-state index contributed by atoms with van der Waals surface area (Å²) in [6, 6.07) is 0. The molecule has 0 radical (unpaired) electrons. The Morgan fingerprint density at radius 1 is 1.13 bits per heavy atom. The smallest absolute Gasteiger partial charge is 0.299 e. The molecule has 0 aliphatic heterocycles. The number of hydrogen-bond donors (Lipinski definition) is 0. The molecule has 86 valence electrons. The van der Waals surface area contributed by atoms with Crippen LogP contribution in [0.15, 0.2) is 0 Å². The van der Waals surface area contributed by atoms with E-state index in [1.165, 1.54) is 0 Å². The fraction of sp³-hybridized carbons (Fsp3) is 0.800. The number of Topliss-reactive ketones (excluding diaryl/α,β-unsaturated/α-hetero) is 1. The first-order chi connectivity index (χ1) is 6.70. The first kappa shape index (κ1) is 17.2. The zero-order valence-electron chi connectivity index (χ0n) is 9.38. The molecule has 5 heteroatoms. The summed E-state index contributed by atoms with van der Waals surface area (Å²) in [7, 11) is 0. The van der Waals surface area contributed by atoms with Gasteiger partial charge in [-0.15, -0.1) is 0 Å². The van der Waals surface area contributed by atoms with Crippen molar-refractivity contribution in [1.29, 1.82) is 0 Å². The molecule has 0 saturated heterocycles. The molecule has 0 atom stereocenters. The number of ketones is 1. The van der Waals surface area contributed by atoms with Gasteiger partial charge in [0, 0.05) is 28.1 Å². The van der Waals surface area contributed by atoms with E-state index >= 15 is 0 Å². The van der Waals surface area contributed by atoms with Crippen LogP contribution < -0.4 is 0 Å². The second-order valence-electron chi connectivity index (χ2n) is 3.10. The molecule has 0 amide bonds. The maximum atomic E-state index is 11.0. The van der Waals surface area contributed by atoms with Crippen LogP contribution in [0.1, 0.15) is 46.0 Å².